The number of ketones is 1. The summed E-state index contributed by atoms with van der Waals surface area (Å²) < 4.78 is 5.16. The number of allylic oxidation sites excluding steroid dienone is 2. The fraction of sp³-hybridized carbons (Fsp3) is 0.429. The third-order valence-corrected chi connectivity index (χ3v) is 4.40. The predicted octanol–water partition coefficient (Wildman–Crippen LogP) is 4.47. The molecule has 1 aromatic carbocycles. The Morgan fingerprint density at radius 1 is 1.24 bits per heavy atom. The summed E-state index contributed by atoms with van der Waals surface area (Å²) in [6.45, 7) is 7.70. The summed E-state index contributed by atoms with van der Waals surface area (Å²) in [6.07, 6.45) is 2.30. The standard InChI is InChI=1S/C21H26O4/c1-13(2)12-17-20(23)18(21(24)25-17)19(22)15(4)11-10-14(3)16-8-6-5-7-9-16/h5-10,13,15,17,23H,11-12H2,1-4H3. The van der Waals surface area contributed by atoms with Crippen LogP contribution >= 0.6 is 0 Å². The van der Waals surface area contributed by atoms with Crippen LogP contribution < -0.4 is 0 Å². The Bertz CT molecular complexity index is 698. The molecule has 0 radical (unpaired) electrons. The van der Waals surface area contributed by atoms with E-state index in [1.807, 2.05) is 57.2 Å². The number of carbonyl (C=O) groups is 2. The highest BCUT2D eigenvalue weighted by molar-refractivity contribution is 6.19. The average Bonchev–Trinajstić information content (AvgIpc) is 2.85. The van der Waals surface area contributed by atoms with E-state index in [1.54, 1.807) is 6.92 Å². The molecule has 4 nitrogen and oxygen atoms in total. The maximum atomic E-state index is 12.6. The number of carbonyl (C=O) groups excluding carboxylic acids is 2. The molecule has 0 amide bonds. The first-order valence-corrected chi connectivity index (χ1v) is 8.71. The second-order valence-electron chi connectivity index (χ2n) is 7.04. The number of esters is 1. The first-order valence-electron chi connectivity index (χ1n) is 8.71. The molecular formula is C21H26O4. The molecule has 0 fully saturated rings. The van der Waals surface area contributed by atoms with Crippen molar-refractivity contribution in [2.24, 2.45) is 11.8 Å². The fourth-order valence-electron chi connectivity index (χ4n) is 2.85. The summed E-state index contributed by atoms with van der Waals surface area (Å²) >= 11 is 0. The van der Waals surface area contributed by atoms with Crippen LogP contribution in [0.4, 0.5) is 0 Å². The number of hydrogen-bond donors (Lipinski definition) is 1. The minimum Gasteiger partial charge on any atom is -0.507 e. The molecule has 1 heterocycles. The maximum Gasteiger partial charge on any atom is 0.346 e. The molecule has 2 rings (SSSR count). The number of aliphatic hydroxyl groups is 1. The smallest absolute Gasteiger partial charge is 0.346 e. The van der Waals surface area contributed by atoms with Gasteiger partial charge in [-0.15, -0.1) is 0 Å². The van der Waals surface area contributed by atoms with Crippen LogP contribution in [-0.4, -0.2) is 23.0 Å². The van der Waals surface area contributed by atoms with Crippen LogP contribution in [0.5, 0.6) is 0 Å². The van der Waals surface area contributed by atoms with Gasteiger partial charge in [0.1, 0.15) is 5.57 Å². The number of benzene rings is 1. The van der Waals surface area contributed by atoms with Gasteiger partial charge in [-0.05, 0) is 36.8 Å². The highest BCUT2D eigenvalue weighted by Crippen LogP contribution is 2.29. The second-order valence-corrected chi connectivity index (χ2v) is 7.04. The lowest BCUT2D eigenvalue weighted by Gasteiger charge is -2.12. The van der Waals surface area contributed by atoms with Gasteiger partial charge >= 0.3 is 5.97 Å². The Hall–Kier alpha value is -2.36. The molecule has 0 saturated heterocycles. The molecule has 25 heavy (non-hydrogen) atoms. The van der Waals surface area contributed by atoms with Gasteiger partial charge in [-0.2, -0.15) is 0 Å². The predicted molar refractivity (Wildman–Crippen MR) is 97.9 cm³/mol. The van der Waals surface area contributed by atoms with Crippen molar-refractivity contribution in [2.45, 2.75) is 46.6 Å². The first-order chi connectivity index (χ1) is 11.8. The van der Waals surface area contributed by atoms with Gasteiger partial charge in [0.15, 0.2) is 17.6 Å². The van der Waals surface area contributed by atoms with E-state index >= 15 is 0 Å². The zero-order chi connectivity index (χ0) is 18.6. The molecular weight excluding hydrogens is 316 g/mol. The zero-order valence-electron chi connectivity index (χ0n) is 15.3. The molecule has 4 heteroatoms. The Morgan fingerprint density at radius 2 is 1.88 bits per heavy atom. The molecule has 2 unspecified atom stereocenters. The average molecular weight is 342 g/mol. The third kappa shape index (κ3) is 4.59. The molecule has 1 aliphatic heterocycles. The van der Waals surface area contributed by atoms with E-state index in [0.717, 1.165) is 11.1 Å². The van der Waals surface area contributed by atoms with Crippen LogP contribution in [0.15, 0.2) is 47.7 Å². The summed E-state index contributed by atoms with van der Waals surface area (Å²) in [7, 11) is 0. The number of hydrogen-bond acceptors (Lipinski definition) is 4. The molecule has 1 aliphatic rings. The first kappa shape index (κ1) is 19.0. The van der Waals surface area contributed by atoms with Gasteiger partial charge in [-0.3, -0.25) is 4.79 Å². The zero-order valence-corrected chi connectivity index (χ0v) is 15.3. The topological polar surface area (TPSA) is 63.6 Å². The monoisotopic (exact) mass is 342 g/mol. The normalized spacial score (nSPS) is 19.3. The summed E-state index contributed by atoms with van der Waals surface area (Å²) in [6, 6.07) is 9.91. The summed E-state index contributed by atoms with van der Waals surface area (Å²) in [5, 5.41) is 10.2. The van der Waals surface area contributed by atoms with Crippen molar-refractivity contribution in [1.29, 1.82) is 0 Å². The Balaban J connectivity index is 2.09. The van der Waals surface area contributed by atoms with Gasteiger partial charge in [0.25, 0.3) is 0 Å². The second kappa shape index (κ2) is 8.15. The van der Waals surface area contributed by atoms with E-state index in [-0.39, 0.29) is 23.0 Å². The van der Waals surface area contributed by atoms with Crippen LogP contribution in [-0.2, 0) is 14.3 Å². The quantitative estimate of drug-likeness (QED) is 0.586. The Morgan fingerprint density at radius 3 is 2.48 bits per heavy atom. The van der Waals surface area contributed by atoms with Crippen molar-refractivity contribution in [3.63, 3.8) is 0 Å². The van der Waals surface area contributed by atoms with Crippen LogP contribution in [0, 0.1) is 11.8 Å². The van der Waals surface area contributed by atoms with Crippen molar-refractivity contribution in [1.82, 2.24) is 0 Å². The highest BCUT2D eigenvalue weighted by Gasteiger charge is 2.39. The van der Waals surface area contributed by atoms with Gasteiger partial charge in [0.05, 0.1) is 0 Å². The minimum atomic E-state index is -0.705. The molecule has 0 spiro atoms. The molecule has 0 aliphatic carbocycles. The molecule has 1 aromatic rings. The van der Waals surface area contributed by atoms with Crippen molar-refractivity contribution >= 4 is 17.3 Å². The summed E-state index contributed by atoms with van der Waals surface area (Å²) in [5.74, 6) is -1.42. The highest BCUT2D eigenvalue weighted by atomic mass is 16.6. The maximum absolute atomic E-state index is 12.6. The summed E-state index contributed by atoms with van der Waals surface area (Å²) in [4.78, 5) is 24.6. The summed E-state index contributed by atoms with van der Waals surface area (Å²) in [5.41, 5.74) is 2.00. The van der Waals surface area contributed by atoms with Crippen LogP contribution in [0.2, 0.25) is 0 Å². The van der Waals surface area contributed by atoms with Gasteiger partial charge in [0.2, 0.25) is 0 Å². The largest absolute Gasteiger partial charge is 0.507 e. The van der Waals surface area contributed by atoms with E-state index in [4.69, 9.17) is 4.74 Å². The molecule has 2 atom stereocenters. The molecule has 0 aromatic heterocycles. The number of ether oxygens (including phenoxy) is 1. The molecule has 0 saturated carbocycles. The van der Waals surface area contributed by atoms with Crippen molar-refractivity contribution in [2.75, 3.05) is 0 Å². The lowest BCUT2D eigenvalue weighted by Crippen LogP contribution is -2.18. The fourth-order valence-corrected chi connectivity index (χ4v) is 2.85. The van der Waals surface area contributed by atoms with E-state index in [2.05, 4.69) is 0 Å². The van der Waals surface area contributed by atoms with Crippen LogP contribution in [0.25, 0.3) is 5.57 Å². The van der Waals surface area contributed by atoms with Gasteiger partial charge in [0, 0.05) is 5.92 Å². The number of rotatable bonds is 7. The van der Waals surface area contributed by atoms with Crippen molar-refractivity contribution in [3.8, 4) is 0 Å². The molecule has 0 bridgehead atoms. The molecule has 134 valence electrons. The van der Waals surface area contributed by atoms with E-state index < -0.39 is 18.0 Å². The van der Waals surface area contributed by atoms with Gasteiger partial charge in [-0.1, -0.05) is 57.2 Å². The van der Waals surface area contributed by atoms with Crippen molar-refractivity contribution in [3.05, 3.63) is 53.3 Å². The van der Waals surface area contributed by atoms with E-state index in [9.17, 15) is 14.7 Å². The molecule has 1 N–H and O–H groups in total. The number of Topliss-reactive ketones (excluding diaryl/α,β-unsaturated/α-hetero) is 1. The third-order valence-electron chi connectivity index (χ3n) is 4.40. The SMILES string of the molecule is CC(=CCC(C)C(=O)C1=C(O)C(CC(C)C)OC1=O)c1ccccc1. The number of cyclic esters (lactones) is 1. The van der Waals surface area contributed by atoms with E-state index in [0.29, 0.717) is 12.8 Å². The lowest BCUT2D eigenvalue weighted by molar-refractivity contribution is -0.141. The van der Waals surface area contributed by atoms with Crippen LogP contribution in [0.1, 0.15) is 46.1 Å². The van der Waals surface area contributed by atoms with Crippen LogP contribution in [0.3, 0.4) is 0 Å². The number of aliphatic hydroxyl groups excluding tert-OH is 1. The lowest BCUT2D eigenvalue weighted by atomic mass is 9.93. The Kier molecular flexibility index (Phi) is 6.18. The van der Waals surface area contributed by atoms with Crippen molar-refractivity contribution < 1.29 is 19.4 Å². The van der Waals surface area contributed by atoms with E-state index in [1.165, 1.54) is 0 Å². The minimum absolute atomic E-state index is 0.177. The van der Waals surface area contributed by atoms with Gasteiger partial charge < -0.3 is 9.84 Å². The Labute approximate surface area is 149 Å². The van der Waals surface area contributed by atoms with Gasteiger partial charge in [-0.25, -0.2) is 4.79 Å².